The third-order valence-corrected chi connectivity index (χ3v) is 6.76. The Hall–Kier alpha value is -3.60. The highest BCUT2D eigenvalue weighted by Crippen LogP contribution is 2.07. The van der Waals surface area contributed by atoms with Crippen molar-refractivity contribution in [3.05, 3.63) is 0 Å². The number of carboxylic acids is 1. The van der Waals surface area contributed by atoms with Gasteiger partial charge >= 0.3 is 5.97 Å². The minimum absolute atomic E-state index is 0.0978. The molecule has 0 aliphatic carbocycles. The SMILES string of the molecule is CSCC[C@H](NC(=O)[C@@H]1CCCN1)C(=O)N[C@@H](C)C(=O)N[C@@H](C)C(=O)N[C@@H](CCCN=C(N)N)C(=O)NCC(=O)O. The number of nitrogens with one attached hydrogen (secondary N) is 6. The van der Waals surface area contributed by atoms with Crippen molar-refractivity contribution in [1.82, 2.24) is 31.9 Å². The predicted molar refractivity (Wildman–Crippen MR) is 154 cm³/mol. The van der Waals surface area contributed by atoms with E-state index >= 15 is 0 Å². The van der Waals surface area contributed by atoms with E-state index in [0.29, 0.717) is 25.0 Å². The monoisotopic (exact) mass is 601 g/mol. The van der Waals surface area contributed by atoms with Gasteiger partial charge in [-0.05, 0) is 64.5 Å². The molecule has 1 aliphatic rings. The molecule has 0 bridgehead atoms. The number of rotatable bonds is 18. The molecule has 0 aromatic carbocycles. The van der Waals surface area contributed by atoms with Crippen molar-refractivity contribution in [2.45, 2.75) is 76.2 Å². The molecule has 0 unspecified atom stereocenters. The lowest BCUT2D eigenvalue weighted by atomic mass is 10.1. The number of carbonyl (C=O) groups excluding carboxylic acids is 5. The number of nitrogens with zero attached hydrogens (tertiary/aromatic N) is 1. The van der Waals surface area contributed by atoms with Gasteiger partial charge in [0.25, 0.3) is 0 Å². The second kappa shape index (κ2) is 18.7. The predicted octanol–water partition coefficient (Wildman–Crippen LogP) is -3.28. The molecule has 0 aromatic rings. The average Bonchev–Trinajstić information content (AvgIpc) is 3.46. The third kappa shape index (κ3) is 14.0. The molecule has 232 valence electrons. The van der Waals surface area contributed by atoms with Crippen molar-refractivity contribution in [2.24, 2.45) is 16.5 Å². The molecule has 1 fully saturated rings. The Labute approximate surface area is 243 Å². The van der Waals surface area contributed by atoms with Crippen LogP contribution in [0.5, 0.6) is 0 Å². The third-order valence-electron chi connectivity index (χ3n) is 6.12. The zero-order valence-electron chi connectivity index (χ0n) is 23.7. The van der Waals surface area contributed by atoms with Gasteiger partial charge in [-0.1, -0.05) is 0 Å². The lowest BCUT2D eigenvalue weighted by Crippen LogP contribution is -2.57. The maximum absolute atomic E-state index is 12.9. The van der Waals surface area contributed by atoms with Gasteiger partial charge < -0.3 is 48.5 Å². The number of hydrogen-bond donors (Lipinski definition) is 9. The maximum atomic E-state index is 12.9. The van der Waals surface area contributed by atoms with Crippen molar-refractivity contribution in [3.8, 4) is 0 Å². The Bertz CT molecular complexity index is 956. The van der Waals surface area contributed by atoms with Crippen LogP contribution in [0.2, 0.25) is 0 Å². The summed E-state index contributed by atoms with van der Waals surface area (Å²) < 4.78 is 0. The molecule has 1 saturated heterocycles. The van der Waals surface area contributed by atoms with E-state index in [9.17, 15) is 28.8 Å². The first-order chi connectivity index (χ1) is 19.3. The van der Waals surface area contributed by atoms with Crippen LogP contribution < -0.4 is 43.4 Å². The van der Waals surface area contributed by atoms with Crippen LogP contribution in [-0.4, -0.2) is 108 Å². The van der Waals surface area contributed by atoms with Crippen molar-refractivity contribution < 1.29 is 33.9 Å². The summed E-state index contributed by atoms with van der Waals surface area (Å²) in [7, 11) is 0. The van der Waals surface area contributed by atoms with Gasteiger partial charge in [-0.3, -0.25) is 33.8 Å². The van der Waals surface area contributed by atoms with Gasteiger partial charge in [0, 0.05) is 6.54 Å². The molecule has 0 radical (unpaired) electrons. The topological polar surface area (TPSA) is 259 Å². The fourth-order valence-electron chi connectivity index (χ4n) is 3.82. The molecular formula is C24H43N9O7S. The van der Waals surface area contributed by atoms with E-state index < -0.39 is 60.3 Å². The fourth-order valence-corrected chi connectivity index (χ4v) is 4.30. The largest absolute Gasteiger partial charge is 0.480 e. The number of thioether (sulfide) groups is 1. The Morgan fingerprint density at radius 3 is 2.10 bits per heavy atom. The van der Waals surface area contributed by atoms with Crippen molar-refractivity contribution >= 4 is 53.2 Å². The normalized spacial score (nSPS) is 17.2. The van der Waals surface area contributed by atoms with Crippen molar-refractivity contribution in [1.29, 1.82) is 0 Å². The van der Waals surface area contributed by atoms with Crippen LogP contribution in [0, 0.1) is 0 Å². The van der Waals surface area contributed by atoms with Gasteiger partial charge in [0.15, 0.2) is 5.96 Å². The van der Waals surface area contributed by atoms with Crippen molar-refractivity contribution in [2.75, 3.05) is 31.6 Å². The summed E-state index contributed by atoms with van der Waals surface area (Å²) in [6.45, 7) is 3.10. The molecule has 1 rings (SSSR count). The summed E-state index contributed by atoms with van der Waals surface area (Å²) in [5.41, 5.74) is 10.6. The summed E-state index contributed by atoms with van der Waals surface area (Å²) >= 11 is 1.52. The number of amides is 5. The minimum atomic E-state index is -1.26. The molecular weight excluding hydrogens is 558 g/mol. The second-order valence-electron chi connectivity index (χ2n) is 9.57. The molecule has 5 amide bonds. The van der Waals surface area contributed by atoms with Gasteiger partial charge in [0.1, 0.15) is 30.7 Å². The lowest BCUT2D eigenvalue weighted by molar-refractivity contribution is -0.138. The first-order valence-corrected chi connectivity index (χ1v) is 14.7. The van der Waals surface area contributed by atoms with Crippen LogP contribution in [0.15, 0.2) is 4.99 Å². The standard InChI is InChI=1S/C24H43N9O7S/c1-13(31-23(40)17(8-11-41-3)33-22(39)15-6-4-9-27-15)19(36)30-14(2)20(37)32-16(7-5-10-28-24(25)26)21(38)29-12-18(34)35/h13-17,27H,4-12H2,1-3H3,(H,29,38)(H,30,36)(H,31,40)(H,32,37)(H,33,39)(H,34,35)(H4,25,26,28)/t13-,14-,15-,16-,17-/m0/s1. The molecule has 0 saturated carbocycles. The zero-order chi connectivity index (χ0) is 30.9. The van der Waals surface area contributed by atoms with E-state index in [-0.39, 0.29) is 30.9 Å². The highest BCUT2D eigenvalue weighted by molar-refractivity contribution is 7.98. The van der Waals surface area contributed by atoms with E-state index in [0.717, 1.165) is 13.0 Å². The molecule has 11 N–H and O–H groups in total. The molecule has 5 atom stereocenters. The van der Waals surface area contributed by atoms with E-state index in [1.165, 1.54) is 25.6 Å². The zero-order valence-corrected chi connectivity index (χ0v) is 24.5. The van der Waals surface area contributed by atoms with Crippen LogP contribution >= 0.6 is 11.8 Å². The van der Waals surface area contributed by atoms with Gasteiger partial charge in [0.2, 0.25) is 29.5 Å². The maximum Gasteiger partial charge on any atom is 0.322 e. The highest BCUT2D eigenvalue weighted by Gasteiger charge is 2.30. The van der Waals surface area contributed by atoms with Gasteiger partial charge in [0.05, 0.1) is 6.04 Å². The number of hydrogen-bond acceptors (Lipinski definition) is 9. The van der Waals surface area contributed by atoms with E-state index in [1.54, 1.807) is 0 Å². The number of guanidine groups is 1. The van der Waals surface area contributed by atoms with Gasteiger partial charge in [-0.2, -0.15) is 11.8 Å². The summed E-state index contributed by atoms with van der Waals surface area (Å²) in [6.07, 6.45) is 4.20. The van der Waals surface area contributed by atoms with Crippen LogP contribution in [0.25, 0.3) is 0 Å². The van der Waals surface area contributed by atoms with Crippen LogP contribution in [0.4, 0.5) is 0 Å². The number of carboxylic acid groups (broad SMARTS) is 1. The van der Waals surface area contributed by atoms with E-state index in [1.807, 2.05) is 6.26 Å². The molecule has 17 heteroatoms. The molecule has 0 spiro atoms. The number of carbonyl (C=O) groups is 6. The molecule has 0 aromatic heterocycles. The summed E-state index contributed by atoms with van der Waals surface area (Å²) in [5, 5.41) is 24.4. The quantitative estimate of drug-likeness (QED) is 0.0427. The Kier molecular flexibility index (Phi) is 16.2. The average molecular weight is 602 g/mol. The van der Waals surface area contributed by atoms with Gasteiger partial charge in [-0.15, -0.1) is 0 Å². The smallest absolute Gasteiger partial charge is 0.322 e. The van der Waals surface area contributed by atoms with Gasteiger partial charge in [-0.25, -0.2) is 0 Å². The number of aliphatic carboxylic acids is 1. The lowest BCUT2D eigenvalue weighted by Gasteiger charge is -2.24. The summed E-state index contributed by atoms with van der Waals surface area (Å²) in [6, 6.07) is -4.44. The highest BCUT2D eigenvalue weighted by atomic mass is 32.2. The minimum Gasteiger partial charge on any atom is -0.480 e. The van der Waals surface area contributed by atoms with Crippen LogP contribution in [-0.2, 0) is 28.8 Å². The van der Waals surface area contributed by atoms with E-state index in [4.69, 9.17) is 16.6 Å². The first-order valence-electron chi connectivity index (χ1n) is 13.3. The Morgan fingerprint density at radius 2 is 1.54 bits per heavy atom. The Morgan fingerprint density at radius 1 is 0.927 bits per heavy atom. The summed E-state index contributed by atoms with van der Waals surface area (Å²) in [4.78, 5) is 78.0. The fraction of sp³-hybridized carbons (Fsp3) is 0.708. The van der Waals surface area contributed by atoms with Crippen molar-refractivity contribution in [3.63, 3.8) is 0 Å². The van der Waals surface area contributed by atoms with E-state index in [2.05, 4.69) is 36.9 Å². The molecule has 16 nitrogen and oxygen atoms in total. The number of nitrogens with two attached hydrogens (primary N) is 2. The van der Waals surface area contributed by atoms with Crippen LogP contribution in [0.3, 0.4) is 0 Å². The number of aliphatic imine (C=N–C) groups is 1. The summed E-state index contributed by atoms with van der Waals surface area (Å²) in [5.74, 6) is -3.67. The molecule has 41 heavy (non-hydrogen) atoms. The molecule has 1 aliphatic heterocycles. The molecule has 1 heterocycles. The van der Waals surface area contributed by atoms with Crippen LogP contribution in [0.1, 0.15) is 46.0 Å². The Balaban J connectivity index is 2.72. The second-order valence-corrected chi connectivity index (χ2v) is 10.6. The first kappa shape index (κ1) is 35.4.